The zero-order chi connectivity index (χ0) is 23.3. The van der Waals surface area contributed by atoms with Gasteiger partial charge < -0.3 is 10.2 Å². The quantitative estimate of drug-likeness (QED) is 0.662. The number of likely N-dealkylation sites (tertiary alicyclic amines) is 1. The van der Waals surface area contributed by atoms with Crippen LogP contribution in [0.4, 0.5) is 10.1 Å². The van der Waals surface area contributed by atoms with Crippen LogP contribution in [-0.2, 0) is 14.8 Å². The first-order valence-electron chi connectivity index (χ1n) is 10.6. The third-order valence-corrected chi connectivity index (χ3v) is 6.72. The van der Waals surface area contributed by atoms with E-state index in [1.807, 2.05) is 13.8 Å². The van der Waals surface area contributed by atoms with Crippen molar-refractivity contribution >= 4 is 27.5 Å². The van der Waals surface area contributed by atoms with E-state index in [1.54, 1.807) is 23.1 Å². The molecule has 0 unspecified atom stereocenters. The monoisotopic (exact) mass is 461 g/mol. The number of amides is 2. The molecule has 32 heavy (non-hydrogen) atoms. The standard InChI is InChI=1S/C23H28FN3O4S/c1-16(2)15-25-22(28)17-10-12-27(13-11-17)23(29)18-4-3-5-20(14-18)26-32(30,31)21-8-6-19(24)7-9-21/h3-9,14,16-17,26H,10-13,15H2,1-2H3,(H,25,28). The Morgan fingerprint density at radius 3 is 2.38 bits per heavy atom. The lowest BCUT2D eigenvalue weighted by Crippen LogP contribution is -2.43. The summed E-state index contributed by atoms with van der Waals surface area (Å²) in [6.45, 7) is 5.64. The average Bonchev–Trinajstić information content (AvgIpc) is 2.77. The predicted octanol–water partition coefficient (Wildman–Crippen LogP) is 3.25. The fraction of sp³-hybridized carbons (Fsp3) is 0.391. The number of rotatable bonds is 7. The molecule has 1 aliphatic rings. The number of piperidine rings is 1. The fourth-order valence-electron chi connectivity index (χ4n) is 3.52. The van der Waals surface area contributed by atoms with Gasteiger partial charge in [0.15, 0.2) is 0 Å². The summed E-state index contributed by atoms with van der Waals surface area (Å²) in [5.74, 6) is -0.436. The number of anilines is 1. The molecule has 0 aliphatic carbocycles. The molecule has 7 nitrogen and oxygen atoms in total. The molecule has 2 N–H and O–H groups in total. The number of benzene rings is 2. The summed E-state index contributed by atoms with van der Waals surface area (Å²) in [6, 6.07) is 10.7. The highest BCUT2D eigenvalue weighted by Gasteiger charge is 2.28. The minimum Gasteiger partial charge on any atom is -0.356 e. The maximum absolute atomic E-state index is 13.1. The molecule has 172 valence electrons. The van der Waals surface area contributed by atoms with E-state index >= 15 is 0 Å². The number of carbonyl (C=O) groups is 2. The zero-order valence-corrected chi connectivity index (χ0v) is 19.0. The summed E-state index contributed by atoms with van der Waals surface area (Å²) < 4.78 is 40.6. The molecule has 9 heteroatoms. The second-order valence-electron chi connectivity index (χ2n) is 8.35. The molecular formula is C23H28FN3O4S. The van der Waals surface area contributed by atoms with Crippen molar-refractivity contribution < 1.29 is 22.4 Å². The first-order chi connectivity index (χ1) is 15.2. The molecule has 0 bridgehead atoms. The second kappa shape index (κ2) is 10.1. The van der Waals surface area contributed by atoms with E-state index in [0.29, 0.717) is 44.0 Å². The smallest absolute Gasteiger partial charge is 0.261 e. The van der Waals surface area contributed by atoms with Gasteiger partial charge in [-0.15, -0.1) is 0 Å². The van der Waals surface area contributed by atoms with Crippen LogP contribution in [0.3, 0.4) is 0 Å². The molecule has 0 spiro atoms. The van der Waals surface area contributed by atoms with E-state index < -0.39 is 15.8 Å². The Labute approximate surface area is 188 Å². The van der Waals surface area contributed by atoms with Crippen molar-refractivity contribution in [3.8, 4) is 0 Å². The van der Waals surface area contributed by atoms with Gasteiger partial charge in [-0.05, 0) is 61.2 Å². The van der Waals surface area contributed by atoms with Crippen molar-refractivity contribution in [1.29, 1.82) is 0 Å². The van der Waals surface area contributed by atoms with Gasteiger partial charge in [0.05, 0.1) is 4.90 Å². The van der Waals surface area contributed by atoms with E-state index in [9.17, 15) is 22.4 Å². The number of nitrogens with zero attached hydrogens (tertiary/aromatic N) is 1. The van der Waals surface area contributed by atoms with E-state index in [4.69, 9.17) is 0 Å². The normalized spacial score (nSPS) is 14.9. The second-order valence-corrected chi connectivity index (χ2v) is 10.0. The van der Waals surface area contributed by atoms with Gasteiger partial charge in [-0.25, -0.2) is 12.8 Å². The molecule has 2 amide bonds. The summed E-state index contributed by atoms with van der Waals surface area (Å²) in [5, 5.41) is 2.94. The van der Waals surface area contributed by atoms with Gasteiger partial charge in [0.25, 0.3) is 15.9 Å². The minimum atomic E-state index is -3.91. The summed E-state index contributed by atoms with van der Waals surface area (Å²) in [7, 11) is -3.91. The number of carbonyl (C=O) groups excluding carboxylic acids is 2. The Hall–Kier alpha value is -2.94. The van der Waals surface area contributed by atoms with Crippen LogP contribution in [0.25, 0.3) is 0 Å². The summed E-state index contributed by atoms with van der Waals surface area (Å²) >= 11 is 0. The Kier molecular flexibility index (Phi) is 7.50. The highest BCUT2D eigenvalue weighted by molar-refractivity contribution is 7.92. The number of halogens is 1. The minimum absolute atomic E-state index is 0.0306. The van der Waals surface area contributed by atoms with Crippen LogP contribution in [0.5, 0.6) is 0 Å². The predicted molar refractivity (Wildman–Crippen MR) is 120 cm³/mol. The molecule has 0 radical (unpaired) electrons. The molecule has 1 fully saturated rings. The number of nitrogens with one attached hydrogen (secondary N) is 2. The van der Waals surface area contributed by atoms with Crippen LogP contribution in [0.15, 0.2) is 53.4 Å². The van der Waals surface area contributed by atoms with Gasteiger partial charge in [-0.1, -0.05) is 19.9 Å². The molecule has 0 aromatic heterocycles. The molecule has 0 saturated carbocycles. The van der Waals surface area contributed by atoms with Crippen molar-refractivity contribution in [2.24, 2.45) is 11.8 Å². The van der Waals surface area contributed by atoms with E-state index in [-0.39, 0.29) is 28.3 Å². The Balaban J connectivity index is 1.62. The van der Waals surface area contributed by atoms with Crippen LogP contribution in [0.2, 0.25) is 0 Å². The Bertz CT molecular complexity index is 1060. The molecule has 2 aromatic rings. The molecule has 2 aromatic carbocycles. The third kappa shape index (κ3) is 6.06. The van der Waals surface area contributed by atoms with Gasteiger partial charge in [-0.2, -0.15) is 0 Å². The lowest BCUT2D eigenvalue weighted by atomic mass is 9.95. The van der Waals surface area contributed by atoms with E-state index in [0.717, 1.165) is 12.1 Å². The Morgan fingerprint density at radius 2 is 1.75 bits per heavy atom. The van der Waals surface area contributed by atoms with Crippen LogP contribution in [-0.4, -0.2) is 44.8 Å². The largest absolute Gasteiger partial charge is 0.356 e. The first-order valence-corrected chi connectivity index (χ1v) is 12.1. The average molecular weight is 462 g/mol. The van der Waals surface area contributed by atoms with Crippen molar-refractivity contribution in [3.05, 3.63) is 59.9 Å². The van der Waals surface area contributed by atoms with Crippen LogP contribution < -0.4 is 10.0 Å². The van der Waals surface area contributed by atoms with E-state index in [2.05, 4.69) is 10.0 Å². The maximum atomic E-state index is 13.1. The van der Waals surface area contributed by atoms with Crippen LogP contribution in [0.1, 0.15) is 37.0 Å². The van der Waals surface area contributed by atoms with Gasteiger partial charge in [0.2, 0.25) is 5.91 Å². The van der Waals surface area contributed by atoms with Crippen molar-refractivity contribution in [2.45, 2.75) is 31.6 Å². The summed E-state index contributed by atoms with van der Waals surface area (Å²) in [5.41, 5.74) is 0.593. The molecule has 0 atom stereocenters. The van der Waals surface area contributed by atoms with E-state index in [1.165, 1.54) is 18.2 Å². The number of hydrogen-bond acceptors (Lipinski definition) is 4. The lowest BCUT2D eigenvalue weighted by Gasteiger charge is -2.31. The zero-order valence-electron chi connectivity index (χ0n) is 18.2. The molecular weight excluding hydrogens is 433 g/mol. The number of hydrogen-bond donors (Lipinski definition) is 2. The van der Waals surface area contributed by atoms with Crippen molar-refractivity contribution in [2.75, 3.05) is 24.4 Å². The Morgan fingerprint density at radius 1 is 1.09 bits per heavy atom. The molecule has 3 rings (SSSR count). The van der Waals surface area contributed by atoms with Gasteiger partial charge >= 0.3 is 0 Å². The van der Waals surface area contributed by atoms with Gasteiger partial charge in [-0.3, -0.25) is 14.3 Å². The molecule has 1 heterocycles. The van der Waals surface area contributed by atoms with Gasteiger partial charge in [0.1, 0.15) is 5.82 Å². The third-order valence-electron chi connectivity index (χ3n) is 5.32. The van der Waals surface area contributed by atoms with Crippen molar-refractivity contribution in [1.82, 2.24) is 10.2 Å². The molecule has 1 saturated heterocycles. The van der Waals surface area contributed by atoms with Crippen molar-refractivity contribution in [3.63, 3.8) is 0 Å². The van der Waals surface area contributed by atoms with Crippen LogP contribution in [0, 0.1) is 17.7 Å². The summed E-state index contributed by atoms with van der Waals surface area (Å²) in [4.78, 5) is 26.8. The number of sulfonamides is 1. The highest BCUT2D eigenvalue weighted by atomic mass is 32.2. The van der Waals surface area contributed by atoms with Gasteiger partial charge in [0, 0.05) is 36.8 Å². The highest BCUT2D eigenvalue weighted by Crippen LogP contribution is 2.22. The summed E-state index contributed by atoms with van der Waals surface area (Å²) in [6.07, 6.45) is 1.18. The fourth-order valence-corrected chi connectivity index (χ4v) is 4.57. The maximum Gasteiger partial charge on any atom is 0.261 e. The van der Waals surface area contributed by atoms with Crippen LogP contribution >= 0.6 is 0 Å². The molecule has 1 aliphatic heterocycles. The first kappa shape index (κ1) is 23.7. The SMILES string of the molecule is CC(C)CNC(=O)C1CCN(C(=O)c2cccc(NS(=O)(=O)c3ccc(F)cc3)c2)CC1. The lowest BCUT2D eigenvalue weighted by molar-refractivity contribution is -0.126. The topological polar surface area (TPSA) is 95.6 Å².